The van der Waals surface area contributed by atoms with Crippen LogP contribution in [0.1, 0.15) is 140 Å². The first kappa shape index (κ1) is 47.1. The van der Waals surface area contributed by atoms with Gasteiger partial charge in [-0.1, -0.05) is 78.4 Å². The Labute approximate surface area is 313 Å². The van der Waals surface area contributed by atoms with E-state index in [1.807, 2.05) is 18.7 Å². The lowest BCUT2D eigenvalue weighted by atomic mass is 10.0. The van der Waals surface area contributed by atoms with Gasteiger partial charge < -0.3 is 25.4 Å². The van der Waals surface area contributed by atoms with Gasteiger partial charge in [-0.3, -0.25) is 28.2 Å². The number of nitrogens with zero attached hydrogens (tertiary/aromatic N) is 1. The summed E-state index contributed by atoms with van der Waals surface area (Å²) >= 11 is 0. The number of amides is 4. The van der Waals surface area contributed by atoms with Crippen LogP contribution < -0.4 is 20.5 Å². The minimum atomic E-state index is -4.02. The Morgan fingerprint density at radius 3 is 1.65 bits per heavy atom. The SMILES string of the molecule is CCCCCCN(CCCCCC)C(=O)[C@@H](C)NC(=O)[C@@H](NC(=O)[C@H](Cc1ccc(OP(=O)(OC(C)(C)C)OC(C)(C)C)cc1)NC(C)=O)C(C)C. The lowest BCUT2D eigenvalue weighted by Gasteiger charge is -2.30. The van der Waals surface area contributed by atoms with Crippen LogP contribution in [0.25, 0.3) is 0 Å². The Balaban J connectivity index is 3.07. The van der Waals surface area contributed by atoms with Crippen LogP contribution in [-0.4, -0.2) is 70.9 Å². The molecular weight excluding hydrogens is 683 g/mol. The highest BCUT2D eigenvalue weighted by Crippen LogP contribution is 2.55. The normalized spacial score (nSPS) is 13.9. The molecule has 0 radical (unpaired) electrons. The maximum atomic E-state index is 13.6. The van der Waals surface area contributed by atoms with Crippen molar-refractivity contribution in [3.63, 3.8) is 0 Å². The van der Waals surface area contributed by atoms with Gasteiger partial charge in [0, 0.05) is 26.4 Å². The molecule has 13 heteroatoms. The molecule has 0 bridgehead atoms. The summed E-state index contributed by atoms with van der Waals surface area (Å²) in [5, 5.41) is 8.34. The van der Waals surface area contributed by atoms with Gasteiger partial charge in [0.25, 0.3) is 0 Å². The van der Waals surface area contributed by atoms with Crippen molar-refractivity contribution in [2.45, 2.75) is 170 Å². The smallest absolute Gasteiger partial charge is 0.404 e. The zero-order chi connectivity index (χ0) is 39.7. The maximum absolute atomic E-state index is 13.6. The monoisotopic (exact) mass is 752 g/mol. The molecule has 12 nitrogen and oxygen atoms in total. The topological polar surface area (TPSA) is 152 Å². The summed E-state index contributed by atoms with van der Waals surface area (Å²) in [6, 6.07) is 3.83. The van der Waals surface area contributed by atoms with Gasteiger partial charge >= 0.3 is 7.82 Å². The molecule has 0 aliphatic carbocycles. The van der Waals surface area contributed by atoms with Crippen LogP contribution in [0.2, 0.25) is 0 Å². The van der Waals surface area contributed by atoms with Crippen LogP contribution in [0.15, 0.2) is 24.3 Å². The number of phosphoric ester groups is 1. The summed E-state index contributed by atoms with van der Waals surface area (Å²) in [5.74, 6) is -1.63. The van der Waals surface area contributed by atoms with Crippen LogP contribution in [0.5, 0.6) is 5.75 Å². The van der Waals surface area contributed by atoms with E-state index in [4.69, 9.17) is 13.6 Å². The van der Waals surface area contributed by atoms with Crippen molar-refractivity contribution < 1.29 is 37.3 Å². The summed E-state index contributed by atoms with van der Waals surface area (Å²) in [7, 11) is -4.02. The van der Waals surface area contributed by atoms with Gasteiger partial charge in [-0.25, -0.2) is 4.57 Å². The van der Waals surface area contributed by atoms with E-state index in [2.05, 4.69) is 29.8 Å². The zero-order valence-corrected chi connectivity index (χ0v) is 35.0. The van der Waals surface area contributed by atoms with Gasteiger partial charge in [0.15, 0.2) is 0 Å². The molecular formula is C39H69N4O8P. The number of nitrogens with one attached hydrogen (secondary N) is 3. The number of phosphoric acid groups is 1. The first-order valence-corrected chi connectivity index (χ1v) is 20.5. The predicted octanol–water partition coefficient (Wildman–Crippen LogP) is 7.49. The van der Waals surface area contributed by atoms with Gasteiger partial charge in [0.1, 0.15) is 23.9 Å². The molecule has 0 fully saturated rings. The van der Waals surface area contributed by atoms with E-state index in [9.17, 15) is 23.7 Å². The van der Waals surface area contributed by atoms with Crippen LogP contribution in [-0.2, 0) is 39.2 Å². The molecule has 0 saturated heterocycles. The fourth-order valence-corrected chi connectivity index (χ4v) is 7.28. The van der Waals surface area contributed by atoms with Crippen LogP contribution in [0.4, 0.5) is 0 Å². The van der Waals surface area contributed by atoms with E-state index in [-0.39, 0.29) is 24.0 Å². The highest BCUT2D eigenvalue weighted by Gasteiger charge is 2.39. The van der Waals surface area contributed by atoms with Gasteiger partial charge in [-0.05, 0) is 84.9 Å². The summed E-state index contributed by atoms with van der Waals surface area (Å²) in [6.07, 6.45) is 8.46. The van der Waals surface area contributed by atoms with E-state index in [0.29, 0.717) is 18.7 Å². The van der Waals surface area contributed by atoms with Gasteiger partial charge in [-0.2, -0.15) is 0 Å². The van der Waals surface area contributed by atoms with Crippen molar-refractivity contribution in [3.8, 4) is 5.75 Å². The Hall–Kier alpha value is -2.95. The zero-order valence-electron chi connectivity index (χ0n) is 34.1. The fourth-order valence-electron chi connectivity index (χ4n) is 5.45. The number of hydrogen-bond acceptors (Lipinski definition) is 8. The second-order valence-electron chi connectivity index (χ2n) is 16.0. The maximum Gasteiger partial charge on any atom is 0.531 e. The minimum Gasteiger partial charge on any atom is -0.404 e. The van der Waals surface area contributed by atoms with E-state index < -0.39 is 54.9 Å². The summed E-state index contributed by atoms with van der Waals surface area (Å²) < 4.78 is 30.7. The van der Waals surface area contributed by atoms with Crippen molar-refractivity contribution in [1.82, 2.24) is 20.9 Å². The number of benzene rings is 1. The van der Waals surface area contributed by atoms with Crippen LogP contribution in [0.3, 0.4) is 0 Å². The number of unbranched alkanes of at least 4 members (excludes halogenated alkanes) is 6. The number of carbonyl (C=O) groups excluding carboxylic acids is 4. The Bertz CT molecular complexity index is 1270. The Morgan fingerprint density at radius 1 is 0.731 bits per heavy atom. The molecule has 3 atom stereocenters. The molecule has 0 aromatic heterocycles. The molecule has 0 unspecified atom stereocenters. The molecule has 298 valence electrons. The first-order valence-electron chi connectivity index (χ1n) is 19.1. The molecule has 52 heavy (non-hydrogen) atoms. The molecule has 0 heterocycles. The van der Waals surface area contributed by atoms with E-state index >= 15 is 0 Å². The molecule has 0 spiro atoms. The Kier molecular flexibility index (Phi) is 20.2. The third kappa shape index (κ3) is 19.2. The molecule has 0 saturated carbocycles. The molecule has 0 aliphatic rings. The molecule has 0 aliphatic heterocycles. The third-order valence-corrected chi connectivity index (χ3v) is 9.87. The lowest BCUT2D eigenvalue weighted by molar-refractivity contribution is -0.137. The van der Waals surface area contributed by atoms with Crippen molar-refractivity contribution in [3.05, 3.63) is 29.8 Å². The van der Waals surface area contributed by atoms with Gasteiger partial charge in [0.05, 0.1) is 11.2 Å². The van der Waals surface area contributed by atoms with Crippen molar-refractivity contribution in [2.24, 2.45) is 5.92 Å². The van der Waals surface area contributed by atoms with Gasteiger partial charge in [0.2, 0.25) is 23.6 Å². The standard InChI is InChI=1S/C39H69N4O8P/c1-13-15-17-19-25-43(26-20-18-16-14-2)37(47)29(5)40-36(46)34(28(3)4)42-35(45)33(41-30(6)44)27-31-21-23-32(24-22-31)49-52(48,50-38(7,8)9)51-39(10,11)12/h21-24,28-29,33-34H,13-20,25-27H2,1-12H3,(H,40,46)(H,41,44)(H,42,45)/t29-,33+,34+/m1/s1. The summed E-state index contributed by atoms with van der Waals surface area (Å²) in [5.41, 5.74) is -0.937. The fraction of sp³-hybridized carbons (Fsp3) is 0.744. The number of carbonyl (C=O) groups is 4. The predicted molar refractivity (Wildman–Crippen MR) is 207 cm³/mol. The van der Waals surface area contributed by atoms with E-state index in [1.165, 1.54) is 6.92 Å². The molecule has 3 N–H and O–H groups in total. The molecule has 1 aromatic carbocycles. The van der Waals surface area contributed by atoms with Crippen molar-refractivity contribution in [2.75, 3.05) is 13.1 Å². The first-order chi connectivity index (χ1) is 24.1. The number of rotatable bonds is 23. The quantitative estimate of drug-likeness (QED) is 0.0769. The van der Waals surface area contributed by atoms with E-state index in [1.54, 1.807) is 72.7 Å². The second kappa shape index (κ2) is 22.3. The summed E-state index contributed by atoms with van der Waals surface area (Å²) in [6.45, 7) is 22.7. The molecule has 1 aromatic rings. The highest BCUT2D eigenvalue weighted by molar-refractivity contribution is 7.49. The van der Waals surface area contributed by atoms with Crippen LogP contribution in [0, 0.1) is 5.92 Å². The van der Waals surface area contributed by atoms with Crippen molar-refractivity contribution in [1.29, 1.82) is 0 Å². The highest BCUT2D eigenvalue weighted by atomic mass is 31.2. The number of hydrogen-bond donors (Lipinski definition) is 3. The van der Waals surface area contributed by atoms with Crippen LogP contribution >= 0.6 is 7.82 Å². The minimum absolute atomic E-state index is 0.104. The lowest BCUT2D eigenvalue weighted by Crippen LogP contribution is -2.58. The van der Waals surface area contributed by atoms with Crippen molar-refractivity contribution >= 4 is 31.5 Å². The largest absolute Gasteiger partial charge is 0.531 e. The Morgan fingerprint density at radius 2 is 1.23 bits per heavy atom. The van der Waals surface area contributed by atoms with Gasteiger partial charge in [-0.15, -0.1) is 0 Å². The summed E-state index contributed by atoms with van der Waals surface area (Å²) in [4.78, 5) is 54.7. The third-order valence-electron chi connectivity index (χ3n) is 7.90. The second-order valence-corrected chi connectivity index (χ2v) is 17.4. The average Bonchev–Trinajstić information content (AvgIpc) is 3.00. The molecule has 1 rings (SSSR count). The molecule has 4 amide bonds. The van der Waals surface area contributed by atoms with E-state index in [0.717, 1.165) is 51.4 Å². The average molecular weight is 753 g/mol.